The van der Waals surface area contributed by atoms with Gasteiger partial charge in [-0.1, -0.05) is 12.1 Å². The van der Waals surface area contributed by atoms with Crippen molar-refractivity contribution in [2.45, 2.75) is 6.42 Å². The molecule has 0 bridgehead atoms. The van der Waals surface area contributed by atoms with Crippen LogP contribution in [0, 0.1) is 5.82 Å². The average molecular weight is 193 g/mol. The van der Waals surface area contributed by atoms with Crippen LogP contribution >= 0.6 is 0 Å². The SMILES string of the molecule is O=C1CC(=O)N(c2ccccc2F)C1. The Morgan fingerprint density at radius 3 is 2.50 bits per heavy atom. The van der Waals surface area contributed by atoms with Crippen LogP contribution < -0.4 is 4.90 Å². The number of nitrogens with zero attached hydrogens (tertiary/aromatic N) is 1. The molecular weight excluding hydrogens is 185 g/mol. The highest BCUT2D eigenvalue weighted by molar-refractivity contribution is 6.15. The quantitative estimate of drug-likeness (QED) is 0.627. The van der Waals surface area contributed by atoms with Crippen LogP contribution in [-0.2, 0) is 9.59 Å². The molecule has 2 rings (SSSR count). The fourth-order valence-electron chi connectivity index (χ4n) is 1.47. The number of hydrogen-bond acceptors (Lipinski definition) is 2. The maximum Gasteiger partial charge on any atom is 0.235 e. The largest absolute Gasteiger partial charge is 0.302 e. The molecule has 72 valence electrons. The summed E-state index contributed by atoms with van der Waals surface area (Å²) in [6, 6.07) is 5.94. The molecule has 1 aromatic rings. The van der Waals surface area contributed by atoms with Crippen molar-refractivity contribution in [1.82, 2.24) is 0 Å². The number of anilines is 1. The number of ketones is 1. The molecule has 14 heavy (non-hydrogen) atoms. The summed E-state index contributed by atoms with van der Waals surface area (Å²) in [5.41, 5.74) is 0.184. The predicted octanol–water partition coefficient (Wildman–Crippen LogP) is 1.13. The maximum absolute atomic E-state index is 13.2. The summed E-state index contributed by atoms with van der Waals surface area (Å²) < 4.78 is 13.2. The summed E-state index contributed by atoms with van der Waals surface area (Å²) in [5, 5.41) is 0. The van der Waals surface area contributed by atoms with Crippen molar-refractivity contribution in [2.75, 3.05) is 11.4 Å². The first-order valence-electron chi connectivity index (χ1n) is 4.25. The Hall–Kier alpha value is -1.71. The Kier molecular flexibility index (Phi) is 2.04. The summed E-state index contributed by atoms with van der Waals surface area (Å²) in [6.07, 6.45) is -0.117. The van der Waals surface area contributed by atoms with Crippen molar-refractivity contribution in [3.05, 3.63) is 30.1 Å². The molecule has 0 saturated carbocycles. The minimum Gasteiger partial charge on any atom is -0.302 e. The van der Waals surface area contributed by atoms with Gasteiger partial charge in [-0.2, -0.15) is 0 Å². The van der Waals surface area contributed by atoms with E-state index in [1.807, 2.05) is 0 Å². The number of amides is 1. The molecule has 1 aliphatic rings. The molecule has 0 unspecified atom stereocenters. The average Bonchev–Trinajstić information content (AvgIpc) is 2.46. The number of halogens is 1. The van der Waals surface area contributed by atoms with E-state index in [0.717, 1.165) is 0 Å². The number of benzene rings is 1. The molecular formula is C10H8FNO2. The van der Waals surface area contributed by atoms with Gasteiger partial charge in [0.15, 0.2) is 5.78 Å². The van der Waals surface area contributed by atoms with Gasteiger partial charge in [-0.3, -0.25) is 9.59 Å². The molecule has 0 spiro atoms. The minimum absolute atomic E-state index is 0.0141. The number of carbonyl (C=O) groups is 2. The van der Waals surface area contributed by atoms with Crippen LogP contribution in [-0.4, -0.2) is 18.2 Å². The molecule has 0 atom stereocenters. The molecule has 1 aliphatic heterocycles. The lowest BCUT2D eigenvalue weighted by atomic mass is 10.3. The van der Waals surface area contributed by atoms with Crippen LogP contribution in [0.15, 0.2) is 24.3 Å². The van der Waals surface area contributed by atoms with Crippen molar-refractivity contribution >= 4 is 17.4 Å². The second-order valence-corrected chi connectivity index (χ2v) is 3.15. The van der Waals surface area contributed by atoms with Crippen molar-refractivity contribution in [3.63, 3.8) is 0 Å². The standard InChI is InChI=1S/C10H8FNO2/c11-8-3-1-2-4-9(8)12-6-7(13)5-10(12)14/h1-4H,5-6H2. The number of rotatable bonds is 1. The van der Waals surface area contributed by atoms with Crippen LogP contribution in [0.3, 0.4) is 0 Å². The van der Waals surface area contributed by atoms with E-state index in [0.29, 0.717) is 0 Å². The summed E-state index contributed by atoms with van der Waals surface area (Å²) in [4.78, 5) is 23.4. The van der Waals surface area contributed by atoms with Crippen LogP contribution in [0.25, 0.3) is 0 Å². The first-order valence-corrected chi connectivity index (χ1v) is 4.25. The zero-order valence-corrected chi connectivity index (χ0v) is 7.37. The predicted molar refractivity (Wildman–Crippen MR) is 48.4 cm³/mol. The third-order valence-electron chi connectivity index (χ3n) is 2.13. The van der Waals surface area contributed by atoms with E-state index in [1.165, 1.54) is 17.0 Å². The second kappa shape index (κ2) is 3.21. The summed E-state index contributed by atoms with van der Waals surface area (Å²) in [6.45, 7) is -0.0141. The lowest BCUT2D eigenvalue weighted by molar-refractivity contribution is -0.121. The van der Waals surface area contributed by atoms with Crippen LogP contribution in [0.1, 0.15) is 6.42 Å². The van der Waals surface area contributed by atoms with Gasteiger partial charge >= 0.3 is 0 Å². The Balaban J connectivity index is 2.36. The first kappa shape index (κ1) is 8.87. The van der Waals surface area contributed by atoms with Crippen molar-refractivity contribution in [1.29, 1.82) is 0 Å². The van der Waals surface area contributed by atoms with Crippen molar-refractivity contribution in [3.8, 4) is 0 Å². The highest BCUT2D eigenvalue weighted by atomic mass is 19.1. The highest BCUT2D eigenvalue weighted by Crippen LogP contribution is 2.22. The topological polar surface area (TPSA) is 37.4 Å². The summed E-state index contributed by atoms with van der Waals surface area (Å²) >= 11 is 0. The van der Waals surface area contributed by atoms with Gasteiger partial charge < -0.3 is 4.90 Å². The second-order valence-electron chi connectivity index (χ2n) is 3.15. The smallest absolute Gasteiger partial charge is 0.235 e. The monoisotopic (exact) mass is 193 g/mol. The van der Waals surface area contributed by atoms with Gasteiger partial charge in [0.25, 0.3) is 0 Å². The van der Waals surface area contributed by atoms with E-state index in [2.05, 4.69) is 0 Å². The molecule has 0 aromatic heterocycles. The van der Waals surface area contributed by atoms with Crippen LogP contribution in [0.2, 0.25) is 0 Å². The number of carbonyl (C=O) groups excluding carboxylic acids is 2. The zero-order valence-electron chi connectivity index (χ0n) is 7.37. The minimum atomic E-state index is -0.476. The molecule has 1 heterocycles. The molecule has 0 radical (unpaired) electrons. The van der Waals surface area contributed by atoms with Crippen LogP contribution in [0.4, 0.5) is 10.1 Å². The van der Waals surface area contributed by atoms with E-state index in [1.54, 1.807) is 12.1 Å². The molecule has 3 nitrogen and oxygen atoms in total. The van der Waals surface area contributed by atoms with E-state index in [9.17, 15) is 14.0 Å². The number of Topliss-reactive ketones (excluding diaryl/α,β-unsaturated/α-hetero) is 1. The summed E-state index contributed by atoms with van der Waals surface area (Å²) in [7, 11) is 0. The van der Waals surface area contributed by atoms with E-state index < -0.39 is 5.82 Å². The van der Waals surface area contributed by atoms with Crippen molar-refractivity contribution < 1.29 is 14.0 Å². The van der Waals surface area contributed by atoms with E-state index >= 15 is 0 Å². The van der Waals surface area contributed by atoms with Gasteiger partial charge in [0.1, 0.15) is 5.82 Å². The third kappa shape index (κ3) is 1.39. The zero-order chi connectivity index (χ0) is 10.1. The molecule has 1 fully saturated rings. The molecule has 1 aromatic carbocycles. The molecule has 0 aliphatic carbocycles. The lowest BCUT2D eigenvalue weighted by Gasteiger charge is -2.14. The first-order chi connectivity index (χ1) is 6.68. The van der Waals surface area contributed by atoms with E-state index in [4.69, 9.17) is 0 Å². The van der Waals surface area contributed by atoms with Gasteiger partial charge in [-0.15, -0.1) is 0 Å². The van der Waals surface area contributed by atoms with Gasteiger partial charge in [0.2, 0.25) is 5.91 Å². The molecule has 1 saturated heterocycles. The van der Waals surface area contributed by atoms with Gasteiger partial charge in [0, 0.05) is 0 Å². The Morgan fingerprint density at radius 2 is 1.93 bits per heavy atom. The fourth-order valence-corrected chi connectivity index (χ4v) is 1.47. The molecule has 0 N–H and O–H groups in total. The number of para-hydroxylation sites is 1. The molecule has 1 amide bonds. The Bertz CT molecular complexity index is 403. The number of hydrogen-bond donors (Lipinski definition) is 0. The fraction of sp³-hybridized carbons (Fsp3) is 0.200. The Labute approximate surface area is 80.1 Å². The van der Waals surface area contributed by atoms with Gasteiger partial charge in [0.05, 0.1) is 18.7 Å². The highest BCUT2D eigenvalue weighted by Gasteiger charge is 2.29. The van der Waals surface area contributed by atoms with Gasteiger partial charge in [-0.25, -0.2) is 4.39 Å². The summed E-state index contributed by atoms with van der Waals surface area (Å²) in [5.74, 6) is -0.978. The maximum atomic E-state index is 13.2. The van der Waals surface area contributed by atoms with Crippen LogP contribution in [0.5, 0.6) is 0 Å². The van der Waals surface area contributed by atoms with Gasteiger partial charge in [-0.05, 0) is 12.1 Å². The van der Waals surface area contributed by atoms with E-state index in [-0.39, 0.29) is 30.3 Å². The van der Waals surface area contributed by atoms with Crippen molar-refractivity contribution in [2.24, 2.45) is 0 Å². The lowest BCUT2D eigenvalue weighted by Crippen LogP contribution is -2.25. The third-order valence-corrected chi connectivity index (χ3v) is 2.13. The Morgan fingerprint density at radius 1 is 1.21 bits per heavy atom. The molecule has 4 heteroatoms. The normalized spacial score (nSPS) is 16.5.